The number of aliphatic carboxylic acids is 1. The first-order valence-corrected chi connectivity index (χ1v) is 5.67. The highest BCUT2D eigenvalue weighted by atomic mass is 79.9. The Morgan fingerprint density at radius 3 is 2.94 bits per heavy atom. The third-order valence-corrected chi connectivity index (χ3v) is 2.53. The van der Waals surface area contributed by atoms with E-state index < -0.39 is 5.97 Å². The van der Waals surface area contributed by atoms with Crippen LogP contribution in [-0.4, -0.2) is 22.1 Å². The van der Waals surface area contributed by atoms with Crippen LogP contribution >= 0.6 is 27.5 Å². The van der Waals surface area contributed by atoms with Gasteiger partial charge >= 0.3 is 5.97 Å². The Morgan fingerprint density at radius 2 is 2.44 bits per heavy atom. The van der Waals surface area contributed by atoms with Gasteiger partial charge in [0.15, 0.2) is 5.15 Å². The summed E-state index contributed by atoms with van der Waals surface area (Å²) in [6, 6.07) is 1.32. The largest absolute Gasteiger partial charge is 0.481 e. The molecule has 0 saturated carbocycles. The highest BCUT2D eigenvalue weighted by Gasteiger charge is 2.13. The van der Waals surface area contributed by atoms with E-state index in [9.17, 15) is 4.79 Å². The number of halogens is 2. The van der Waals surface area contributed by atoms with Crippen LogP contribution in [0.1, 0.15) is 13.3 Å². The van der Waals surface area contributed by atoms with Crippen molar-refractivity contribution in [1.82, 2.24) is 4.98 Å². The Bertz CT molecular complexity index is 391. The first kappa shape index (κ1) is 13.1. The van der Waals surface area contributed by atoms with E-state index in [4.69, 9.17) is 22.4 Å². The molecular formula is C9H11BrClN3O2. The lowest BCUT2D eigenvalue weighted by atomic mass is 10.2. The summed E-state index contributed by atoms with van der Waals surface area (Å²) in [7, 11) is 0. The molecule has 1 atom stereocenters. The zero-order valence-electron chi connectivity index (χ0n) is 8.50. The number of carbonyl (C=O) groups is 1. The molecular weight excluding hydrogens is 297 g/mol. The van der Waals surface area contributed by atoms with Gasteiger partial charge in [-0.3, -0.25) is 4.79 Å². The van der Waals surface area contributed by atoms with E-state index >= 15 is 0 Å². The van der Waals surface area contributed by atoms with Gasteiger partial charge in [0.2, 0.25) is 0 Å². The van der Waals surface area contributed by atoms with Crippen molar-refractivity contribution >= 4 is 44.9 Å². The van der Waals surface area contributed by atoms with Crippen molar-refractivity contribution in [3.63, 3.8) is 0 Å². The molecule has 0 aromatic carbocycles. The summed E-state index contributed by atoms with van der Waals surface area (Å²) in [4.78, 5) is 14.5. The van der Waals surface area contributed by atoms with Crippen molar-refractivity contribution in [3.05, 3.63) is 15.8 Å². The second-order valence-electron chi connectivity index (χ2n) is 3.34. The number of carboxylic acid groups (broad SMARTS) is 1. The molecule has 0 unspecified atom stereocenters. The molecule has 0 spiro atoms. The SMILES string of the molecule is C[C@H](CC(=O)O)Nc1c(N)cc(Br)nc1Cl. The van der Waals surface area contributed by atoms with Gasteiger partial charge in [-0.05, 0) is 28.9 Å². The Kier molecular flexibility index (Phi) is 4.37. The van der Waals surface area contributed by atoms with Crippen molar-refractivity contribution in [2.75, 3.05) is 11.1 Å². The van der Waals surface area contributed by atoms with Crippen molar-refractivity contribution in [3.8, 4) is 0 Å². The van der Waals surface area contributed by atoms with Gasteiger partial charge in [-0.1, -0.05) is 11.6 Å². The number of carboxylic acids is 1. The molecule has 0 amide bonds. The predicted octanol–water partition coefficient (Wildman–Crippen LogP) is 2.35. The van der Waals surface area contributed by atoms with Gasteiger partial charge in [-0.15, -0.1) is 0 Å². The molecule has 0 aliphatic rings. The van der Waals surface area contributed by atoms with Gasteiger partial charge in [-0.25, -0.2) is 4.98 Å². The molecule has 1 aromatic heterocycles. The molecule has 88 valence electrons. The van der Waals surface area contributed by atoms with Gasteiger partial charge in [0.1, 0.15) is 4.60 Å². The lowest BCUT2D eigenvalue weighted by Gasteiger charge is -2.15. The fraction of sp³-hybridized carbons (Fsp3) is 0.333. The van der Waals surface area contributed by atoms with Crippen LogP contribution in [0.5, 0.6) is 0 Å². The summed E-state index contributed by atoms with van der Waals surface area (Å²) < 4.78 is 0.534. The monoisotopic (exact) mass is 307 g/mol. The maximum Gasteiger partial charge on any atom is 0.305 e. The van der Waals surface area contributed by atoms with E-state index in [1.807, 2.05) is 0 Å². The first-order chi connectivity index (χ1) is 7.40. The van der Waals surface area contributed by atoms with E-state index in [0.29, 0.717) is 16.0 Å². The quantitative estimate of drug-likeness (QED) is 0.743. The summed E-state index contributed by atoms with van der Waals surface area (Å²) in [6.45, 7) is 1.73. The number of nitrogens with one attached hydrogen (secondary N) is 1. The minimum Gasteiger partial charge on any atom is -0.481 e. The number of anilines is 2. The van der Waals surface area contributed by atoms with Crippen LogP contribution in [0.2, 0.25) is 5.15 Å². The molecule has 0 bridgehead atoms. The average Bonchev–Trinajstić information content (AvgIpc) is 2.09. The number of aromatic nitrogens is 1. The third-order valence-electron chi connectivity index (χ3n) is 1.85. The van der Waals surface area contributed by atoms with Gasteiger partial charge in [0.05, 0.1) is 17.8 Å². The number of nitrogens with zero attached hydrogens (tertiary/aromatic N) is 1. The fourth-order valence-electron chi connectivity index (χ4n) is 1.20. The molecule has 1 rings (SSSR count). The molecule has 0 aliphatic heterocycles. The lowest BCUT2D eigenvalue weighted by molar-refractivity contribution is -0.137. The minimum atomic E-state index is -0.889. The molecule has 1 heterocycles. The number of nitrogen functional groups attached to an aromatic ring is 1. The Morgan fingerprint density at radius 1 is 1.81 bits per heavy atom. The molecule has 1 aromatic rings. The van der Waals surface area contributed by atoms with Gasteiger partial charge < -0.3 is 16.2 Å². The molecule has 16 heavy (non-hydrogen) atoms. The smallest absolute Gasteiger partial charge is 0.305 e. The summed E-state index contributed by atoms with van der Waals surface area (Å²) >= 11 is 9.04. The van der Waals surface area contributed by atoms with Crippen molar-refractivity contribution in [2.24, 2.45) is 0 Å². The van der Waals surface area contributed by atoms with E-state index in [-0.39, 0.29) is 17.6 Å². The minimum absolute atomic E-state index is 0.0220. The molecule has 4 N–H and O–H groups in total. The lowest BCUT2D eigenvalue weighted by Crippen LogP contribution is -2.20. The molecule has 0 aliphatic carbocycles. The van der Waals surface area contributed by atoms with Crippen LogP contribution in [0.3, 0.4) is 0 Å². The summed E-state index contributed by atoms with van der Waals surface area (Å²) in [6.07, 6.45) is -0.0220. The second kappa shape index (κ2) is 5.36. The Hall–Kier alpha value is -1.01. The fourth-order valence-corrected chi connectivity index (χ4v) is 1.98. The highest BCUT2D eigenvalue weighted by molar-refractivity contribution is 9.10. The maximum absolute atomic E-state index is 10.5. The van der Waals surface area contributed by atoms with E-state index in [2.05, 4.69) is 26.2 Å². The normalized spacial score (nSPS) is 12.2. The number of hydrogen-bond donors (Lipinski definition) is 3. The summed E-state index contributed by atoms with van der Waals surface area (Å²) in [5, 5.41) is 11.7. The van der Waals surface area contributed by atoms with E-state index in [1.165, 1.54) is 0 Å². The van der Waals surface area contributed by atoms with Gasteiger partial charge in [-0.2, -0.15) is 0 Å². The van der Waals surface area contributed by atoms with Crippen LogP contribution < -0.4 is 11.1 Å². The van der Waals surface area contributed by atoms with E-state index in [1.54, 1.807) is 13.0 Å². The van der Waals surface area contributed by atoms with Crippen molar-refractivity contribution in [1.29, 1.82) is 0 Å². The predicted molar refractivity (Wildman–Crippen MR) is 66.7 cm³/mol. The van der Waals surface area contributed by atoms with Crippen LogP contribution in [0.4, 0.5) is 11.4 Å². The van der Waals surface area contributed by atoms with Crippen LogP contribution in [0.25, 0.3) is 0 Å². The second-order valence-corrected chi connectivity index (χ2v) is 4.51. The topological polar surface area (TPSA) is 88.2 Å². The van der Waals surface area contributed by atoms with Crippen molar-refractivity contribution in [2.45, 2.75) is 19.4 Å². The van der Waals surface area contributed by atoms with Crippen LogP contribution in [-0.2, 0) is 4.79 Å². The third kappa shape index (κ3) is 3.53. The zero-order chi connectivity index (χ0) is 12.3. The molecule has 0 saturated heterocycles. The van der Waals surface area contributed by atoms with Crippen LogP contribution in [0, 0.1) is 0 Å². The van der Waals surface area contributed by atoms with Gasteiger partial charge in [0, 0.05) is 6.04 Å². The summed E-state index contributed by atoms with van der Waals surface area (Å²) in [5.74, 6) is -0.889. The number of rotatable bonds is 4. The molecule has 5 nitrogen and oxygen atoms in total. The highest BCUT2D eigenvalue weighted by Crippen LogP contribution is 2.29. The zero-order valence-corrected chi connectivity index (χ0v) is 10.8. The Balaban J connectivity index is 2.85. The summed E-state index contributed by atoms with van der Waals surface area (Å²) in [5.41, 5.74) is 6.61. The Labute approximate surface area is 106 Å². The van der Waals surface area contributed by atoms with Crippen molar-refractivity contribution < 1.29 is 9.90 Å². The van der Waals surface area contributed by atoms with Crippen LogP contribution in [0.15, 0.2) is 10.7 Å². The molecule has 0 radical (unpaired) electrons. The number of nitrogens with two attached hydrogens (primary N) is 1. The molecule has 7 heteroatoms. The standard InChI is InChI=1S/C9H11BrClN3O2/c1-4(2-7(15)16)13-8-5(12)3-6(10)14-9(8)11/h3-4,13H,2H2,1H3,(H2,12,14)(H,15,16)/t4-/m1/s1. The molecule has 0 fully saturated rings. The average molecular weight is 309 g/mol. The van der Waals surface area contributed by atoms with E-state index in [0.717, 1.165) is 0 Å². The maximum atomic E-state index is 10.5. The number of pyridine rings is 1. The number of hydrogen-bond acceptors (Lipinski definition) is 4. The van der Waals surface area contributed by atoms with Gasteiger partial charge in [0.25, 0.3) is 0 Å². The first-order valence-electron chi connectivity index (χ1n) is 4.50.